The number of imide groups is 1. The maximum Gasteiger partial charge on any atom is 0.275 e. The number of amides is 3. The summed E-state index contributed by atoms with van der Waals surface area (Å²) < 4.78 is 0. The largest absolute Gasteiger partial charge is 0.283 e. The van der Waals surface area contributed by atoms with E-state index < -0.39 is 4.87 Å². The summed E-state index contributed by atoms with van der Waals surface area (Å²) >= 11 is 1.27. The Hall–Kier alpha value is -2.60. The van der Waals surface area contributed by atoms with Crippen molar-refractivity contribution in [3.8, 4) is 0 Å². The fourth-order valence-electron chi connectivity index (χ4n) is 3.49. The van der Waals surface area contributed by atoms with Gasteiger partial charge in [-0.25, -0.2) is 4.90 Å². The number of rotatable bonds is 1. The highest BCUT2D eigenvalue weighted by molar-refractivity contribution is 8.02. The Morgan fingerprint density at radius 2 is 1.76 bits per heavy atom. The zero-order valence-electron chi connectivity index (χ0n) is 13.9. The van der Waals surface area contributed by atoms with Crippen molar-refractivity contribution >= 4 is 40.9 Å². The molecule has 1 saturated heterocycles. The van der Waals surface area contributed by atoms with Crippen LogP contribution in [0, 0.1) is 6.92 Å². The van der Waals surface area contributed by atoms with Gasteiger partial charge in [0.05, 0.1) is 11.4 Å². The summed E-state index contributed by atoms with van der Waals surface area (Å²) in [5, 5.41) is 0. The third-order valence-corrected chi connectivity index (χ3v) is 5.97. The summed E-state index contributed by atoms with van der Waals surface area (Å²) in [6.07, 6.45) is 0. The number of carbonyl (C=O) groups is 3. The van der Waals surface area contributed by atoms with Crippen molar-refractivity contribution in [1.29, 1.82) is 0 Å². The van der Waals surface area contributed by atoms with Crippen LogP contribution < -0.4 is 9.80 Å². The summed E-state index contributed by atoms with van der Waals surface area (Å²) in [6.45, 7) is 3.33. The molecule has 0 bridgehead atoms. The van der Waals surface area contributed by atoms with Gasteiger partial charge < -0.3 is 0 Å². The van der Waals surface area contributed by atoms with E-state index in [-0.39, 0.29) is 23.5 Å². The molecule has 2 aromatic rings. The van der Waals surface area contributed by atoms with Crippen LogP contribution in [0.2, 0.25) is 0 Å². The first-order valence-electron chi connectivity index (χ1n) is 7.95. The molecule has 5 nitrogen and oxygen atoms in total. The minimum absolute atomic E-state index is 0.137. The van der Waals surface area contributed by atoms with Crippen LogP contribution in [0.4, 0.5) is 11.4 Å². The number of para-hydroxylation sites is 1. The molecule has 6 heteroatoms. The highest BCUT2D eigenvalue weighted by atomic mass is 32.2. The number of hydrogen-bond acceptors (Lipinski definition) is 4. The first kappa shape index (κ1) is 15.9. The van der Waals surface area contributed by atoms with Gasteiger partial charge >= 0.3 is 0 Å². The molecule has 0 N–H and O–H groups in total. The summed E-state index contributed by atoms with van der Waals surface area (Å²) in [4.78, 5) is 39.6. The molecular weight excluding hydrogens is 336 g/mol. The van der Waals surface area contributed by atoms with E-state index in [0.717, 1.165) is 5.56 Å². The number of anilines is 2. The van der Waals surface area contributed by atoms with Crippen molar-refractivity contribution in [3.63, 3.8) is 0 Å². The third-order valence-electron chi connectivity index (χ3n) is 4.58. The molecule has 1 fully saturated rings. The van der Waals surface area contributed by atoms with Gasteiger partial charge in [-0.15, -0.1) is 11.8 Å². The number of nitrogens with zero attached hydrogens (tertiary/aromatic N) is 2. The van der Waals surface area contributed by atoms with E-state index in [1.54, 1.807) is 17.0 Å². The van der Waals surface area contributed by atoms with Crippen molar-refractivity contribution in [2.75, 3.05) is 15.6 Å². The highest BCUT2D eigenvalue weighted by Crippen LogP contribution is 2.55. The van der Waals surface area contributed by atoms with E-state index in [0.29, 0.717) is 16.9 Å². The number of fused-ring (bicyclic) bond motifs is 2. The second-order valence-electron chi connectivity index (χ2n) is 6.17. The zero-order valence-corrected chi connectivity index (χ0v) is 14.7. The van der Waals surface area contributed by atoms with Gasteiger partial charge in [0.1, 0.15) is 0 Å². The SMILES string of the molecule is CC(=O)N1C(=O)[C@@]2(SCC(=O)N2c2ccc(C)cc2)c2ccccc21. The van der Waals surface area contributed by atoms with Crippen molar-refractivity contribution in [2.24, 2.45) is 0 Å². The van der Waals surface area contributed by atoms with Crippen LogP contribution >= 0.6 is 11.8 Å². The Balaban J connectivity index is 1.95. The average molecular weight is 352 g/mol. The second kappa shape index (κ2) is 5.46. The van der Waals surface area contributed by atoms with Gasteiger partial charge in [0.2, 0.25) is 16.7 Å². The predicted octanol–water partition coefficient (Wildman–Crippen LogP) is 2.82. The lowest BCUT2D eigenvalue weighted by Gasteiger charge is -2.33. The molecule has 2 aliphatic heterocycles. The molecule has 0 aliphatic carbocycles. The molecular formula is C19H16N2O3S. The molecule has 2 heterocycles. The standard InChI is InChI=1S/C19H16N2O3S/c1-12-7-9-14(10-8-12)21-17(23)11-25-19(21)15-5-3-4-6-16(15)20(13(2)22)18(19)24/h3-10H,11H2,1-2H3/t19-/m0/s1. The maximum absolute atomic E-state index is 13.3. The normalized spacial score (nSPS) is 22.0. The second-order valence-corrected chi connectivity index (χ2v) is 7.34. The predicted molar refractivity (Wildman–Crippen MR) is 97.4 cm³/mol. The van der Waals surface area contributed by atoms with Gasteiger partial charge in [0, 0.05) is 18.2 Å². The lowest BCUT2D eigenvalue weighted by atomic mass is 10.0. The smallest absolute Gasteiger partial charge is 0.275 e. The van der Waals surface area contributed by atoms with Crippen LogP contribution in [0.15, 0.2) is 48.5 Å². The quantitative estimate of drug-likeness (QED) is 0.792. The van der Waals surface area contributed by atoms with Crippen LogP contribution in [0.3, 0.4) is 0 Å². The molecule has 0 unspecified atom stereocenters. The Morgan fingerprint density at radius 1 is 1.08 bits per heavy atom. The summed E-state index contributed by atoms with van der Waals surface area (Å²) in [6, 6.07) is 14.7. The summed E-state index contributed by atoms with van der Waals surface area (Å²) in [5.41, 5.74) is 2.97. The zero-order chi connectivity index (χ0) is 17.8. The molecule has 3 amide bonds. The average Bonchev–Trinajstić information content (AvgIpc) is 3.06. The minimum Gasteiger partial charge on any atom is -0.283 e. The summed E-state index contributed by atoms with van der Waals surface area (Å²) in [7, 11) is 0. The van der Waals surface area contributed by atoms with E-state index in [1.165, 1.54) is 23.6 Å². The van der Waals surface area contributed by atoms with Gasteiger partial charge in [-0.1, -0.05) is 35.9 Å². The molecule has 126 valence electrons. The molecule has 25 heavy (non-hydrogen) atoms. The molecule has 0 radical (unpaired) electrons. The molecule has 1 spiro atoms. The van der Waals surface area contributed by atoms with Crippen LogP contribution in [0.1, 0.15) is 18.1 Å². The minimum atomic E-state index is -1.21. The number of carbonyl (C=O) groups excluding carboxylic acids is 3. The van der Waals surface area contributed by atoms with Gasteiger partial charge in [-0.3, -0.25) is 19.3 Å². The number of aryl methyl sites for hydroxylation is 1. The van der Waals surface area contributed by atoms with E-state index in [4.69, 9.17) is 0 Å². The monoisotopic (exact) mass is 352 g/mol. The Bertz CT molecular complexity index is 909. The topological polar surface area (TPSA) is 57.7 Å². The van der Waals surface area contributed by atoms with Crippen LogP contribution in [0.25, 0.3) is 0 Å². The van der Waals surface area contributed by atoms with Gasteiger partial charge in [0.15, 0.2) is 0 Å². The maximum atomic E-state index is 13.3. The Morgan fingerprint density at radius 3 is 2.44 bits per heavy atom. The molecule has 2 aliphatic rings. The lowest BCUT2D eigenvalue weighted by Crippen LogP contribution is -2.50. The molecule has 0 saturated carbocycles. The van der Waals surface area contributed by atoms with Crippen molar-refractivity contribution in [3.05, 3.63) is 59.7 Å². The molecule has 1 atom stereocenters. The number of thioether (sulfide) groups is 1. The van der Waals surface area contributed by atoms with Gasteiger partial charge in [-0.2, -0.15) is 0 Å². The third kappa shape index (κ3) is 2.07. The summed E-state index contributed by atoms with van der Waals surface area (Å²) in [5.74, 6) is -0.669. The number of benzene rings is 2. The Labute approximate surface area is 149 Å². The first-order chi connectivity index (χ1) is 12.0. The van der Waals surface area contributed by atoms with Crippen molar-refractivity contribution in [1.82, 2.24) is 0 Å². The lowest BCUT2D eigenvalue weighted by molar-refractivity contribution is -0.128. The Kier molecular flexibility index (Phi) is 3.47. The molecule has 0 aromatic heterocycles. The van der Waals surface area contributed by atoms with Gasteiger partial charge in [0.25, 0.3) is 5.91 Å². The van der Waals surface area contributed by atoms with Crippen molar-refractivity contribution < 1.29 is 14.4 Å². The first-order valence-corrected chi connectivity index (χ1v) is 8.93. The number of hydrogen-bond donors (Lipinski definition) is 0. The van der Waals surface area contributed by atoms with E-state index in [9.17, 15) is 14.4 Å². The van der Waals surface area contributed by atoms with Crippen molar-refractivity contribution in [2.45, 2.75) is 18.7 Å². The van der Waals surface area contributed by atoms with Crippen LogP contribution in [-0.4, -0.2) is 23.5 Å². The van der Waals surface area contributed by atoms with E-state index >= 15 is 0 Å². The van der Waals surface area contributed by atoms with Crippen LogP contribution in [-0.2, 0) is 19.3 Å². The van der Waals surface area contributed by atoms with E-state index in [2.05, 4.69) is 0 Å². The molecule has 4 rings (SSSR count). The van der Waals surface area contributed by atoms with Crippen LogP contribution in [0.5, 0.6) is 0 Å². The van der Waals surface area contributed by atoms with E-state index in [1.807, 2.05) is 43.3 Å². The van der Waals surface area contributed by atoms with Gasteiger partial charge in [-0.05, 0) is 25.1 Å². The fourth-order valence-corrected chi connectivity index (χ4v) is 4.83. The molecule has 2 aromatic carbocycles. The fraction of sp³-hybridized carbons (Fsp3) is 0.211. The highest BCUT2D eigenvalue weighted by Gasteiger charge is 2.61.